The molecule has 0 aliphatic heterocycles. The molecule has 0 spiro atoms. The van der Waals surface area contributed by atoms with Gasteiger partial charge in [-0.05, 0) is 34.5 Å². The Hall–Kier alpha value is -1.98. The maximum Gasteiger partial charge on any atom is 0.119 e. The highest BCUT2D eigenvalue weighted by Gasteiger charge is 1.98. The fraction of sp³-hybridized carbons (Fsp3) is 0.250. The van der Waals surface area contributed by atoms with Crippen molar-refractivity contribution in [1.82, 2.24) is 5.32 Å². The molecule has 0 saturated carbocycles. The lowest BCUT2D eigenvalue weighted by molar-refractivity contribution is 0.415. The SMILES string of the molecule is C#CCCNCc1ccc2cc(OC)ccc2c1. The van der Waals surface area contributed by atoms with Crippen LogP contribution in [0.2, 0.25) is 0 Å². The van der Waals surface area contributed by atoms with Crippen LogP contribution in [-0.2, 0) is 6.54 Å². The van der Waals surface area contributed by atoms with Gasteiger partial charge in [0.15, 0.2) is 0 Å². The minimum absolute atomic E-state index is 0.769. The van der Waals surface area contributed by atoms with Crippen LogP contribution in [0.3, 0.4) is 0 Å². The van der Waals surface area contributed by atoms with Crippen LogP contribution in [0.1, 0.15) is 12.0 Å². The van der Waals surface area contributed by atoms with Crippen molar-refractivity contribution in [3.63, 3.8) is 0 Å². The largest absolute Gasteiger partial charge is 0.497 e. The van der Waals surface area contributed by atoms with Gasteiger partial charge in [0, 0.05) is 19.5 Å². The number of methoxy groups -OCH3 is 1. The predicted octanol–water partition coefficient (Wildman–Crippen LogP) is 2.96. The van der Waals surface area contributed by atoms with Crippen molar-refractivity contribution in [1.29, 1.82) is 0 Å². The second-order valence-electron chi connectivity index (χ2n) is 4.18. The molecular weight excluding hydrogens is 222 g/mol. The molecule has 2 aromatic rings. The first-order valence-corrected chi connectivity index (χ1v) is 6.04. The first-order valence-electron chi connectivity index (χ1n) is 6.04. The van der Waals surface area contributed by atoms with Gasteiger partial charge in [0.2, 0.25) is 0 Å². The minimum Gasteiger partial charge on any atom is -0.497 e. The first-order chi connectivity index (χ1) is 8.83. The molecule has 2 nitrogen and oxygen atoms in total. The molecule has 0 aliphatic rings. The van der Waals surface area contributed by atoms with Crippen LogP contribution < -0.4 is 10.1 Å². The summed E-state index contributed by atoms with van der Waals surface area (Å²) in [7, 11) is 1.69. The number of ether oxygens (including phenoxy) is 1. The summed E-state index contributed by atoms with van der Waals surface area (Å²) in [5, 5.41) is 5.75. The van der Waals surface area contributed by atoms with Gasteiger partial charge in [-0.15, -0.1) is 12.3 Å². The van der Waals surface area contributed by atoms with Crippen molar-refractivity contribution in [2.75, 3.05) is 13.7 Å². The molecule has 0 radical (unpaired) electrons. The summed E-state index contributed by atoms with van der Waals surface area (Å²) in [5.41, 5.74) is 1.27. The van der Waals surface area contributed by atoms with Gasteiger partial charge in [0.25, 0.3) is 0 Å². The molecule has 0 fully saturated rings. The molecule has 0 saturated heterocycles. The quantitative estimate of drug-likeness (QED) is 0.640. The van der Waals surface area contributed by atoms with E-state index in [1.54, 1.807) is 7.11 Å². The number of benzene rings is 2. The van der Waals surface area contributed by atoms with E-state index < -0.39 is 0 Å². The zero-order valence-corrected chi connectivity index (χ0v) is 10.6. The Morgan fingerprint density at radius 3 is 2.72 bits per heavy atom. The Kier molecular flexibility index (Phi) is 4.22. The number of rotatable bonds is 5. The molecule has 0 atom stereocenters. The van der Waals surface area contributed by atoms with Crippen molar-refractivity contribution >= 4 is 10.8 Å². The fourth-order valence-electron chi connectivity index (χ4n) is 1.90. The third-order valence-corrected chi connectivity index (χ3v) is 2.89. The number of fused-ring (bicyclic) bond motifs is 1. The van der Waals surface area contributed by atoms with Crippen molar-refractivity contribution < 1.29 is 4.74 Å². The predicted molar refractivity (Wildman–Crippen MR) is 75.7 cm³/mol. The van der Waals surface area contributed by atoms with Crippen LogP contribution in [0.5, 0.6) is 5.75 Å². The molecule has 0 unspecified atom stereocenters. The van der Waals surface area contributed by atoms with Crippen LogP contribution in [0.25, 0.3) is 10.8 Å². The molecule has 0 aliphatic carbocycles. The Balaban J connectivity index is 2.10. The van der Waals surface area contributed by atoms with Gasteiger partial charge >= 0.3 is 0 Å². The Morgan fingerprint density at radius 2 is 1.94 bits per heavy atom. The summed E-state index contributed by atoms with van der Waals surface area (Å²) in [6.45, 7) is 1.71. The van der Waals surface area contributed by atoms with Gasteiger partial charge in [-0.1, -0.05) is 18.2 Å². The molecule has 2 rings (SSSR count). The van der Waals surface area contributed by atoms with E-state index in [1.165, 1.54) is 16.3 Å². The maximum atomic E-state index is 5.21. The minimum atomic E-state index is 0.769. The highest BCUT2D eigenvalue weighted by molar-refractivity contribution is 5.84. The van der Waals surface area contributed by atoms with Crippen molar-refractivity contribution in [3.05, 3.63) is 42.0 Å². The second-order valence-corrected chi connectivity index (χ2v) is 4.18. The fourth-order valence-corrected chi connectivity index (χ4v) is 1.90. The van der Waals surface area contributed by atoms with Gasteiger partial charge in [-0.25, -0.2) is 0 Å². The third-order valence-electron chi connectivity index (χ3n) is 2.89. The number of hydrogen-bond acceptors (Lipinski definition) is 2. The molecule has 92 valence electrons. The van der Waals surface area contributed by atoms with Crippen molar-refractivity contribution in [2.45, 2.75) is 13.0 Å². The first kappa shape index (κ1) is 12.5. The lowest BCUT2D eigenvalue weighted by atomic mass is 10.1. The molecular formula is C16H17NO. The van der Waals surface area contributed by atoms with Crippen LogP contribution in [0, 0.1) is 12.3 Å². The van der Waals surface area contributed by atoms with E-state index in [1.807, 2.05) is 12.1 Å². The molecule has 2 aromatic carbocycles. The maximum absolute atomic E-state index is 5.21. The number of nitrogens with one attached hydrogen (secondary N) is 1. The average Bonchev–Trinajstić information content (AvgIpc) is 2.43. The Morgan fingerprint density at radius 1 is 1.17 bits per heavy atom. The second kappa shape index (κ2) is 6.09. The summed E-state index contributed by atoms with van der Waals surface area (Å²) in [4.78, 5) is 0. The van der Waals surface area contributed by atoms with Gasteiger partial charge in [-0.2, -0.15) is 0 Å². The van der Waals surface area contributed by atoms with Crippen LogP contribution >= 0.6 is 0 Å². The van der Waals surface area contributed by atoms with Gasteiger partial charge in [-0.3, -0.25) is 0 Å². The topological polar surface area (TPSA) is 21.3 Å². The summed E-state index contributed by atoms with van der Waals surface area (Å²) < 4.78 is 5.21. The molecule has 0 amide bonds. The van der Waals surface area contributed by atoms with Crippen LogP contribution in [0.15, 0.2) is 36.4 Å². The normalized spacial score (nSPS) is 10.2. The lowest BCUT2D eigenvalue weighted by Gasteiger charge is -2.06. The van der Waals surface area contributed by atoms with Crippen LogP contribution in [-0.4, -0.2) is 13.7 Å². The van der Waals surface area contributed by atoms with E-state index in [9.17, 15) is 0 Å². The van der Waals surface area contributed by atoms with E-state index in [4.69, 9.17) is 11.2 Å². The van der Waals surface area contributed by atoms with Crippen LogP contribution in [0.4, 0.5) is 0 Å². The standard InChI is InChI=1S/C16H17NO/c1-3-4-9-17-12-13-5-6-15-11-16(18-2)8-7-14(15)10-13/h1,5-8,10-11,17H,4,9,12H2,2H3. The van der Waals surface area contributed by atoms with Crippen molar-refractivity contribution in [2.24, 2.45) is 0 Å². The zero-order chi connectivity index (χ0) is 12.8. The van der Waals surface area contributed by atoms with E-state index >= 15 is 0 Å². The molecule has 1 N–H and O–H groups in total. The summed E-state index contributed by atoms with van der Waals surface area (Å²) in [6, 6.07) is 12.6. The Bertz CT molecular complexity index is 569. The molecule has 18 heavy (non-hydrogen) atoms. The van der Waals surface area contributed by atoms with E-state index in [-0.39, 0.29) is 0 Å². The van der Waals surface area contributed by atoms with E-state index in [2.05, 4.69) is 35.5 Å². The van der Waals surface area contributed by atoms with Gasteiger partial charge < -0.3 is 10.1 Å². The zero-order valence-electron chi connectivity index (χ0n) is 10.6. The van der Waals surface area contributed by atoms with Crippen molar-refractivity contribution in [3.8, 4) is 18.1 Å². The highest BCUT2D eigenvalue weighted by atomic mass is 16.5. The van der Waals surface area contributed by atoms with E-state index in [0.29, 0.717) is 0 Å². The Labute approximate surface area is 108 Å². The smallest absolute Gasteiger partial charge is 0.119 e. The lowest BCUT2D eigenvalue weighted by Crippen LogP contribution is -2.13. The van der Waals surface area contributed by atoms with Gasteiger partial charge in [0.1, 0.15) is 5.75 Å². The molecule has 0 bridgehead atoms. The third kappa shape index (κ3) is 3.03. The molecule has 2 heteroatoms. The summed E-state index contributed by atoms with van der Waals surface area (Å²) in [5.74, 6) is 3.51. The summed E-state index contributed by atoms with van der Waals surface area (Å²) in [6.07, 6.45) is 5.98. The number of terminal acetylenes is 1. The highest BCUT2D eigenvalue weighted by Crippen LogP contribution is 2.21. The van der Waals surface area contributed by atoms with E-state index in [0.717, 1.165) is 25.3 Å². The molecule has 0 aromatic heterocycles. The summed E-state index contributed by atoms with van der Waals surface area (Å²) >= 11 is 0. The average molecular weight is 239 g/mol. The monoisotopic (exact) mass is 239 g/mol. The molecule has 0 heterocycles. The van der Waals surface area contributed by atoms with Gasteiger partial charge in [0.05, 0.1) is 7.11 Å². The number of hydrogen-bond donors (Lipinski definition) is 1.